The Kier molecular flexibility index (Phi) is 3.35. The van der Waals surface area contributed by atoms with Crippen molar-refractivity contribution in [2.45, 2.75) is 12.8 Å². The van der Waals surface area contributed by atoms with E-state index in [2.05, 4.69) is 38.9 Å². The first-order valence-corrected chi connectivity index (χ1v) is 6.77. The molecular formula is C14H19N5. The maximum Gasteiger partial charge on any atom is 0.191 e. The second-order valence-corrected chi connectivity index (χ2v) is 4.77. The summed E-state index contributed by atoms with van der Waals surface area (Å²) in [5.74, 6) is 0.923. The van der Waals surface area contributed by atoms with Gasteiger partial charge < -0.3 is 10.6 Å². The van der Waals surface area contributed by atoms with Crippen molar-refractivity contribution in [1.82, 2.24) is 20.4 Å². The summed E-state index contributed by atoms with van der Waals surface area (Å²) >= 11 is 0. The van der Waals surface area contributed by atoms with E-state index < -0.39 is 0 Å². The summed E-state index contributed by atoms with van der Waals surface area (Å²) in [4.78, 5) is 4.40. The maximum absolute atomic E-state index is 4.59. The average Bonchev–Trinajstić information content (AvgIpc) is 2.78. The number of hydrogen-bond donors (Lipinski definition) is 2. The number of rotatable bonds is 3. The van der Waals surface area contributed by atoms with E-state index in [9.17, 15) is 0 Å². The van der Waals surface area contributed by atoms with Crippen molar-refractivity contribution in [2.24, 2.45) is 12.0 Å². The molecule has 0 fully saturated rings. The number of benzene rings is 1. The lowest BCUT2D eigenvalue weighted by Crippen LogP contribution is -2.41. The largest absolute Gasteiger partial charge is 0.356 e. The first kappa shape index (κ1) is 12.0. The molecule has 2 N–H and O–H groups in total. The van der Waals surface area contributed by atoms with Crippen molar-refractivity contribution in [3.63, 3.8) is 0 Å². The van der Waals surface area contributed by atoms with Gasteiger partial charge in [0.1, 0.15) is 0 Å². The van der Waals surface area contributed by atoms with E-state index in [4.69, 9.17) is 0 Å². The summed E-state index contributed by atoms with van der Waals surface area (Å²) in [7, 11) is 1.99. The first-order chi connectivity index (χ1) is 9.34. The van der Waals surface area contributed by atoms with Gasteiger partial charge in [-0.15, -0.1) is 0 Å². The number of nitrogens with zero attached hydrogens (tertiary/aromatic N) is 3. The molecule has 5 nitrogen and oxygen atoms in total. The van der Waals surface area contributed by atoms with Crippen LogP contribution >= 0.6 is 0 Å². The molecule has 0 saturated heterocycles. The summed E-state index contributed by atoms with van der Waals surface area (Å²) in [6.07, 6.45) is 2.03. The fraction of sp³-hybridized carbons (Fsp3) is 0.429. The monoisotopic (exact) mass is 257 g/mol. The standard InChI is InChI=1S/C14H19N5/c1-19-13-6-3-2-5-11(13)12(18-19)7-10-17-14-15-8-4-9-16-14/h2-3,5-6H,4,7-10H2,1H3,(H2,15,16,17). The molecule has 1 aliphatic rings. The Morgan fingerprint density at radius 2 is 2.26 bits per heavy atom. The molecule has 0 atom stereocenters. The van der Waals surface area contributed by atoms with Gasteiger partial charge in [-0.25, -0.2) is 0 Å². The molecule has 0 saturated carbocycles. The van der Waals surface area contributed by atoms with Crippen molar-refractivity contribution < 1.29 is 0 Å². The smallest absolute Gasteiger partial charge is 0.191 e. The molecule has 1 aromatic carbocycles. The molecule has 0 aliphatic carbocycles. The average molecular weight is 257 g/mol. The van der Waals surface area contributed by atoms with Gasteiger partial charge in [0.05, 0.1) is 11.2 Å². The number of guanidine groups is 1. The highest BCUT2D eigenvalue weighted by Crippen LogP contribution is 2.17. The summed E-state index contributed by atoms with van der Waals surface area (Å²) < 4.78 is 1.95. The number of fused-ring (bicyclic) bond motifs is 1. The van der Waals surface area contributed by atoms with Crippen LogP contribution in [0.5, 0.6) is 0 Å². The molecule has 2 aromatic rings. The van der Waals surface area contributed by atoms with Crippen LogP contribution in [-0.2, 0) is 13.5 Å². The van der Waals surface area contributed by atoms with E-state index >= 15 is 0 Å². The number of aliphatic imine (C=N–C) groups is 1. The zero-order valence-electron chi connectivity index (χ0n) is 11.2. The van der Waals surface area contributed by atoms with Crippen LogP contribution < -0.4 is 10.6 Å². The van der Waals surface area contributed by atoms with E-state index in [1.807, 2.05) is 17.8 Å². The Hall–Kier alpha value is -2.04. The lowest BCUT2D eigenvalue weighted by molar-refractivity contribution is 0.693. The van der Waals surface area contributed by atoms with Gasteiger partial charge in [0, 0.05) is 38.5 Å². The van der Waals surface area contributed by atoms with Crippen molar-refractivity contribution in [1.29, 1.82) is 0 Å². The van der Waals surface area contributed by atoms with E-state index in [0.717, 1.165) is 44.1 Å². The minimum absolute atomic E-state index is 0.854. The van der Waals surface area contributed by atoms with Crippen LogP contribution in [0.25, 0.3) is 10.9 Å². The lowest BCUT2D eigenvalue weighted by Gasteiger charge is -2.15. The SMILES string of the molecule is Cn1nc(CCNC2=NCCCN2)c2ccccc21. The lowest BCUT2D eigenvalue weighted by atomic mass is 10.2. The molecule has 1 aliphatic heterocycles. The molecule has 0 radical (unpaired) electrons. The zero-order chi connectivity index (χ0) is 13.1. The van der Waals surface area contributed by atoms with E-state index in [1.54, 1.807) is 0 Å². The molecule has 0 bridgehead atoms. The van der Waals surface area contributed by atoms with Gasteiger partial charge >= 0.3 is 0 Å². The van der Waals surface area contributed by atoms with E-state index in [0.29, 0.717) is 0 Å². The van der Waals surface area contributed by atoms with Crippen LogP contribution in [0.1, 0.15) is 12.1 Å². The molecule has 0 amide bonds. The predicted octanol–water partition coefficient (Wildman–Crippen LogP) is 1.05. The van der Waals surface area contributed by atoms with E-state index in [-0.39, 0.29) is 0 Å². The topological polar surface area (TPSA) is 54.2 Å². The number of hydrogen-bond acceptors (Lipinski definition) is 4. The van der Waals surface area contributed by atoms with Gasteiger partial charge in [0.25, 0.3) is 0 Å². The molecule has 2 heterocycles. The number of aryl methyl sites for hydroxylation is 1. The molecule has 5 heteroatoms. The predicted molar refractivity (Wildman–Crippen MR) is 77.3 cm³/mol. The number of nitrogens with one attached hydrogen (secondary N) is 2. The molecule has 0 unspecified atom stereocenters. The third-order valence-electron chi connectivity index (χ3n) is 3.39. The Bertz CT molecular complexity index is 599. The molecule has 0 spiro atoms. The van der Waals surface area contributed by atoms with Crippen LogP contribution in [0.2, 0.25) is 0 Å². The number of aromatic nitrogens is 2. The Morgan fingerprint density at radius 1 is 1.37 bits per heavy atom. The third-order valence-corrected chi connectivity index (χ3v) is 3.39. The molecule has 1 aromatic heterocycles. The second-order valence-electron chi connectivity index (χ2n) is 4.77. The van der Waals surface area contributed by atoms with E-state index in [1.165, 1.54) is 10.9 Å². The Labute approximate surface area is 112 Å². The van der Waals surface area contributed by atoms with Crippen molar-refractivity contribution >= 4 is 16.9 Å². The van der Waals surface area contributed by atoms with Gasteiger partial charge in [-0.2, -0.15) is 5.10 Å². The van der Waals surface area contributed by atoms with Crippen LogP contribution in [0, 0.1) is 0 Å². The quantitative estimate of drug-likeness (QED) is 0.864. The zero-order valence-corrected chi connectivity index (χ0v) is 11.2. The molecule has 100 valence electrons. The van der Waals surface area contributed by atoms with Crippen LogP contribution in [0.3, 0.4) is 0 Å². The highest BCUT2D eigenvalue weighted by Gasteiger charge is 2.08. The summed E-state index contributed by atoms with van der Waals surface area (Å²) in [6, 6.07) is 8.35. The Balaban J connectivity index is 1.67. The van der Waals surface area contributed by atoms with Gasteiger partial charge in [0.2, 0.25) is 0 Å². The molecule has 19 heavy (non-hydrogen) atoms. The number of para-hydroxylation sites is 1. The minimum Gasteiger partial charge on any atom is -0.356 e. The summed E-state index contributed by atoms with van der Waals surface area (Å²) in [5.41, 5.74) is 2.33. The first-order valence-electron chi connectivity index (χ1n) is 6.77. The Morgan fingerprint density at radius 3 is 3.11 bits per heavy atom. The second kappa shape index (κ2) is 5.30. The van der Waals surface area contributed by atoms with Crippen LogP contribution in [-0.4, -0.2) is 35.4 Å². The maximum atomic E-state index is 4.59. The van der Waals surface area contributed by atoms with Gasteiger partial charge in [-0.1, -0.05) is 18.2 Å². The minimum atomic E-state index is 0.854. The van der Waals surface area contributed by atoms with Crippen LogP contribution in [0.15, 0.2) is 29.3 Å². The fourth-order valence-corrected chi connectivity index (χ4v) is 2.42. The summed E-state index contributed by atoms with van der Waals surface area (Å²) in [5, 5.41) is 12.4. The molecule has 3 rings (SSSR count). The van der Waals surface area contributed by atoms with Crippen LogP contribution in [0.4, 0.5) is 0 Å². The highest BCUT2D eigenvalue weighted by atomic mass is 15.3. The van der Waals surface area contributed by atoms with Gasteiger partial charge in [0.15, 0.2) is 5.96 Å². The van der Waals surface area contributed by atoms with Crippen molar-refractivity contribution in [3.8, 4) is 0 Å². The fourth-order valence-electron chi connectivity index (χ4n) is 2.42. The molecular weight excluding hydrogens is 238 g/mol. The van der Waals surface area contributed by atoms with Crippen molar-refractivity contribution in [3.05, 3.63) is 30.0 Å². The van der Waals surface area contributed by atoms with Gasteiger partial charge in [-0.3, -0.25) is 9.67 Å². The third kappa shape index (κ3) is 2.54. The van der Waals surface area contributed by atoms with Crippen molar-refractivity contribution in [2.75, 3.05) is 19.6 Å². The summed E-state index contributed by atoms with van der Waals surface area (Å²) in [6.45, 7) is 2.78. The van der Waals surface area contributed by atoms with Gasteiger partial charge in [-0.05, 0) is 12.5 Å². The normalized spacial score (nSPS) is 15.1. The highest BCUT2D eigenvalue weighted by molar-refractivity contribution is 5.82.